The van der Waals surface area contributed by atoms with Crippen molar-refractivity contribution in [1.29, 1.82) is 0 Å². The van der Waals surface area contributed by atoms with Crippen LogP contribution in [0, 0.1) is 5.92 Å². The van der Waals surface area contributed by atoms with Gasteiger partial charge in [0.15, 0.2) is 15.8 Å². The van der Waals surface area contributed by atoms with Crippen LogP contribution in [0.4, 0.5) is 0 Å². The molecule has 2 heterocycles. The summed E-state index contributed by atoms with van der Waals surface area (Å²) in [5.41, 5.74) is 0.0803. The number of sulfone groups is 1. The topological polar surface area (TPSA) is 79.8 Å². The van der Waals surface area contributed by atoms with Crippen molar-refractivity contribution in [1.82, 2.24) is 10.6 Å². The van der Waals surface area contributed by atoms with Crippen LogP contribution < -0.4 is 10.6 Å². The molecule has 1 spiro atoms. The summed E-state index contributed by atoms with van der Waals surface area (Å²) >= 11 is 0. The molecule has 3 fully saturated rings. The number of hydrogen-bond donors (Lipinski definition) is 2. The quantitative estimate of drug-likeness (QED) is 0.336. The molecule has 2 aliphatic heterocycles. The Labute approximate surface area is 181 Å². The zero-order valence-corrected chi connectivity index (χ0v) is 19.9. The molecule has 2 saturated heterocycles. The smallest absolute Gasteiger partial charge is 0.191 e. The molecule has 0 aromatic carbocycles. The van der Waals surface area contributed by atoms with Crippen LogP contribution in [0.1, 0.15) is 65.2 Å². The van der Waals surface area contributed by atoms with Gasteiger partial charge in [-0.1, -0.05) is 19.8 Å². The first-order valence-electron chi connectivity index (χ1n) is 10.3. The third-order valence-electron chi connectivity index (χ3n) is 6.18. The van der Waals surface area contributed by atoms with Crippen LogP contribution in [0.25, 0.3) is 0 Å². The van der Waals surface area contributed by atoms with Gasteiger partial charge in [-0.2, -0.15) is 0 Å². The van der Waals surface area contributed by atoms with Crippen LogP contribution >= 0.6 is 24.0 Å². The van der Waals surface area contributed by atoms with Crippen LogP contribution in [0.2, 0.25) is 0 Å². The summed E-state index contributed by atoms with van der Waals surface area (Å²) in [6, 6.07) is 0.721. The second-order valence-electron chi connectivity index (χ2n) is 8.48. The Morgan fingerprint density at radius 2 is 2.04 bits per heavy atom. The fourth-order valence-electron chi connectivity index (χ4n) is 4.42. The van der Waals surface area contributed by atoms with Crippen molar-refractivity contribution in [3.05, 3.63) is 0 Å². The maximum Gasteiger partial charge on any atom is 0.191 e. The largest absolute Gasteiger partial charge is 0.375 e. The van der Waals surface area contributed by atoms with Gasteiger partial charge >= 0.3 is 0 Å². The van der Waals surface area contributed by atoms with Crippen molar-refractivity contribution in [3.8, 4) is 0 Å². The zero-order valence-electron chi connectivity index (χ0n) is 16.7. The summed E-state index contributed by atoms with van der Waals surface area (Å²) < 4.78 is 29.5. The van der Waals surface area contributed by atoms with Gasteiger partial charge in [-0.25, -0.2) is 8.42 Å². The molecule has 3 atom stereocenters. The average molecular weight is 513 g/mol. The number of halogens is 1. The predicted molar refractivity (Wildman–Crippen MR) is 121 cm³/mol. The van der Waals surface area contributed by atoms with E-state index in [1.165, 1.54) is 25.7 Å². The van der Waals surface area contributed by atoms with Crippen LogP contribution in [-0.4, -0.2) is 56.7 Å². The summed E-state index contributed by atoms with van der Waals surface area (Å²) in [5, 5.41) is 7.11. The van der Waals surface area contributed by atoms with Crippen molar-refractivity contribution in [2.45, 2.75) is 82.9 Å². The van der Waals surface area contributed by atoms with E-state index >= 15 is 0 Å². The van der Waals surface area contributed by atoms with E-state index < -0.39 is 9.84 Å². The highest BCUT2D eigenvalue weighted by Crippen LogP contribution is 2.39. The van der Waals surface area contributed by atoms with Gasteiger partial charge in [-0.05, 0) is 51.4 Å². The normalized spacial score (nSPS) is 30.7. The summed E-state index contributed by atoms with van der Waals surface area (Å²) in [5.74, 6) is 1.60. The highest BCUT2D eigenvalue weighted by atomic mass is 127. The lowest BCUT2D eigenvalue weighted by molar-refractivity contribution is -0.0815. The molecular weight excluding hydrogens is 477 g/mol. The maximum absolute atomic E-state index is 11.7. The maximum atomic E-state index is 11.7. The molecule has 158 valence electrons. The standard InChI is InChI=1S/C19H35N3O3S.HI/c1-3-15(2)21-18(20-13-16-7-11-26(23,24)14-16)22-17-6-10-25-19(12-17)8-4-5-9-19;/h15-17H,3-14H2,1-2H3,(H2,20,21,22);1H. The van der Waals surface area contributed by atoms with E-state index in [1.54, 1.807) is 0 Å². The van der Waals surface area contributed by atoms with Gasteiger partial charge in [0.25, 0.3) is 0 Å². The first kappa shape index (κ1) is 23.2. The molecular formula is C19H36IN3O3S. The minimum absolute atomic E-state index is 0. The molecule has 3 aliphatic rings. The Kier molecular flexibility index (Phi) is 8.67. The van der Waals surface area contributed by atoms with Gasteiger partial charge in [0.2, 0.25) is 0 Å². The third kappa shape index (κ3) is 6.73. The second kappa shape index (κ2) is 10.1. The Bertz CT molecular complexity index is 605. The Morgan fingerprint density at radius 3 is 2.67 bits per heavy atom. The van der Waals surface area contributed by atoms with Gasteiger partial charge in [-0.3, -0.25) is 4.99 Å². The molecule has 1 aliphatic carbocycles. The highest BCUT2D eigenvalue weighted by Gasteiger charge is 2.40. The molecule has 2 N–H and O–H groups in total. The molecule has 6 nitrogen and oxygen atoms in total. The van der Waals surface area contributed by atoms with E-state index in [2.05, 4.69) is 24.5 Å². The van der Waals surface area contributed by atoms with Crippen molar-refractivity contribution >= 4 is 39.8 Å². The predicted octanol–water partition coefficient (Wildman–Crippen LogP) is 2.86. The zero-order chi connectivity index (χ0) is 18.6. The van der Waals surface area contributed by atoms with Crippen molar-refractivity contribution in [2.75, 3.05) is 24.7 Å². The summed E-state index contributed by atoms with van der Waals surface area (Å²) in [4.78, 5) is 4.76. The number of ether oxygens (including phenoxy) is 1. The molecule has 27 heavy (non-hydrogen) atoms. The molecule has 0 radical (unpaired) electrons. The first-order valence-corrected chi connectivity index (χ1v) is 12.1. The van der Waals surface area contributed by atoms with E-state index in [4.69, 9.17) is 9.73 Å². The Morgan fingerprint density at radius 1 is 1.30 bits per heavy atom. The van der Waals surface area contributed by atoms with Gasteiger partial charge < -0.3 is 15.4 Å². The lowest BCUT2D eigenvalue weighted by Crippen LogP contribution is -2.52. The second-order valence-corrected chi connectivity index (χ2v) is 10.7. The number of rotatable bonds is 5. The molecule has 8 heteroatoms. The van der Waals surface area contributed by atoms with Gasteiger partial charge in [0.1, 0.15) is 0 Å². The number of nitrogens with zero attached hydrogens (tertiary/aromatic N) is 1. The first-order chi connectivity index (χ1) is 12.4. The van der Waals surface area contributed by atoms with E-state index in [-0.39, 0.29) is 41.2 Å². The Hall–Kier alpha value is -0.0900. The summed E-state index contributed by atoms with van der Waals surface area (Å²) in [6.45, 7) is 5.70. The van der Waals surface area contributed by atoms with Gasteiger partial charge in [0.05, 0.1) is 17.1 Å². The van der Waals surface area contributed by atoms with Crippen molar-refractivity contribution < 1.29 is 13.2 Å². The molecule has 3 unspecified atom stereocenters. The van der Waals surface area contributed by atoms with Crippen LogP contribution in [0.5, 0.6) is 0 Å². The lowest BCUT2D eigenvalue weighted by atomic mass is 9.89. The van der Waals surface area contributed by atoms with E-state index in [9.17, 15) is 8.42 Å². The van der Waals surface area contributed by atoms with Crippen LogP contribution in [-0.2, 0) is 14.6 Å². The van der Waals surface area contributed by atoms with E-state index in [1.807, 2.05) is 0 Å². The Balaban J connectivity index is 0.00000261. The molecule has 0 aromatic rings. The number of guanidine groups is 1. The number of hydrogen-bond acceptors (Lipinski definition) is 4. The molecule has 0 bridgehead atoms. The molecule has 1 saturated carbocycles. The third-order valence-corrected chi connectivity index (χ3v) is 8.02. The van der Waals surface area contributed by atoms with Gasteiger partial charge in [0, 0.05) is 25.2 Å². The van der Waals surface area contributed by atoms with E-state index in [0.717, 1.165) is 38.2 Å². The SMILES string of the molecule is CCC(C)NC(=NCC1CCS(=O)(=O)C1)NC1CCOC2(CCCC2)C1.I. The minimum atomic E-state index is -2.84. The lowest BCUT2D eigenvalue weighted by Gasteiger charge is -2.39. The number of nitrogens with one attached hydrogen (secondary N) is 2. The van der Waals surface area contributed by atoms with Crippen molar-refractivity contribution in [2.24, 2.45) is 10.9 Å². The molecule has 0 aromatic heterocycles. The highest BCUT2D eigenvalue weighted by molar-refractivity contribution is 14.0. The number of aliphatic imine (C=N–C) groups is 1. The minimum Gasteiger partial charge on any atom is -0.375 e. The van der Waals surface area contributed by atoms with Crippen molar-refractivity contribution in [3.63, 3.8) is 0 Å². The fraction of sp³-hybridized carbons (Fsp3) is 0.947. The van der Waals surface area contributed by atoms with Gasteiger partial charge in [-0.15, -0.1) is 24.0 Å². The van der Waals surface area contributed by atoms with Crippen LogP contribution in [0.15, 0.2) is 4.99 Å². The molecule has 3 rings (SSSR count). The monoisotopic (exact) mass is 513 g/mol. The van der Waals surface area contributed by atoms with E-state index in [0.29, 0.717) is 24.4 Å². The van der Waals surface area contributed by atoms with Crippen LogP contribution in [0.3, 0.4) is 0 Å². The fourth-order valence-corrected chi connectivity index (χ4v) is 6.27. The summed E-state index contributed by atoms with van der Waals surface area (Å²) in [6.07, 6.45) is 8.71. The summed E-state index contributed by atoms with van der Waals surface area (Å²) in [7, 11) is -2.84. The molecule has 0 amide bonds. The average Bonchev–Trinajstić information content (AvgIpc) is 3.18.